The Morgan fingerprint density at radius 3 is 2.36 bits per heavy atom. The van der Waals surface area contributed by atoms with E-state index in [9.17, 15) is 19.5 Å². The molecule has 2 aromatic carbocycles. The van der Waals surface area contributed by atoms with Crippen LogP contribution in [0.5, 0.6) is 0 Å². The fourth-order valence-electron chi connectivity index (χ4n) is 3.03. The number of carboxylic acid groups (broad SMARTS) is 1. The lowest BCUT2D eigenvalue weighted by molar-refractivity contribution is 0.0697. The van der Waals surface area contributed by atoms with Crippen LogP contribution in [0.15, 0.2) is 53.3 Å². The van der Waals surface area contributed by atoms with Gasteiger partial charge in [0, 0.05) is 22.6 Å². The molecule has 0 unspecified atom stereocenters. The number of carboxylic acids is 1. The molecule has 1 aromatic heterocycles. The van der Waals surface area contributed by atoms with E-state index in [1.807, 2.05) is 0 Å². The molecule has 0 amide bonds. The Morgan fingerprint density at radius 1 is 0.960 bits per heavy atom. The van der Waals surface area contributed by atoms with Crippen molar-refractivity contribution in [2.45, 2.75) is 0 Å². The second-order valence-corrected chi connectivity index (χ2v) is 5.71. The minimum absolute atomic E-state index is 0.000859. The van der Waals surface area contributed by atoms with Crippen LogP contribution in [0.1, 0.15) is 32.0 Å². The molecule has 6 nitrogen and oxygen atoms in total. The Morgan fingerprint density at radius 2 is 1.68 bits per heavy atom. The number of hydrogen-bond acceptors (Lipinski definition) is 4. The molecule has 1 heterocycles. The number of carbonyl (C=O) groups is 2. The number of benzene rings is 2. The van der Waals surface area contributed by atoms with Gasteiger partial charge in [-0.25, -0.2) is 4.79 Å². The molecule has 0 saturated heterocycles. The van der Waals surface area contributed by atoms with Crippen molar-refractivity contribution >= 4 is 34.0 Å². The Kier molecular flexibility index (Phi) is 3.08. The molecule has 0 atom stereocenters. The average molecular weight is 333 g/mol. The molecule has 3 N–H and O–H groups in total. The first-order valence-corrected chi connectivity index (χ1v) is 7.45. The summed E-state index contributed by atoms with van der Waals surface area (Å²) in [5, 5.41) is 19.8. The molecule has 6 heteroatoms. The molecule has 1 aliphatic rings. The summed E-state index contributed by atoms with van der Waals surface area (Å²) in [7, 11) is 0. The molecule has 25 heavy (non-hydrogen) atoms. The molecule has 0 fully saturated rings. The van der Waals surface area contributed by atoms with E-state index in [2.05, 4.69) is 4.98 Å². The molecule has 4 rings (SSSR count). The van der Waals surface area contributed by atoms with E-state index in [0.29, 0.717) is 16.5 Å². The van der Waals surface area contributed by atoms with Gasteiger partial charge in [-0.2, -0.15) is 0 Å². The third-order valence-corrected chi connectivity index (χ3v) is 4.24. The number of fused-ring (bicyclic) bond motifs is 2. The zero-order valence-corrected chi connectivity index (χ0v) is 12.7. The molecule has 0 saturated carbocycles. The number of hydrogen-bond donors (Lipinski definition) is 3. The van der Waals surface area contributed by atoms with E-state index >= 15 is 0 Å². The quantitative estimate of drug-likeness (QED) is 0.668. The molecule has 0 bridgehead atoms. The molecule has 0 spiro atoms. The first-order chi connectivity index (χ1) is 12.0. The highest BCUT2D eigenvalue weighted by molar-refractivity contribution is 6.38. The summed E-state index contributed by atoms with van der Waals surface area (Å²) in [4.78, 5) is 39.0. The zero-order valence-electron chi connectivity index (χ0n) is 12.7. The van der Waals surface area contributed by atoms with Crippen LogP contribution < -0.4 is 5.43 Å². The van der Waals surface area contributed by atoms with Crippen molar-refractivity contribution in [3.8, 4) is 0 Å². The fraction of sp³-hybridized carbons (Fsp3) is 0. The molecule has 0 radical (unpaired) electrons. The van der Waals surface area contributed by atoms with Crippen LogP contribution in [0.25, 0.3) is 22.2 Å². The maximum Gasteiger partial charge on any atom is 0.335 e. The van der Waals surface area contributed by atoms with Gasteiger partial charge in [0.25, 0.3) is 0 Å². The van der Waals surface area contributed by atoms with Crippen LogP contribution in [-0.2, 0) is 0 Å². The first-order valence-electron chi connectivity index (χ1n) is 7.45. The molecule has 3 aromatic rings. The van der Waals surface area contributed by atoms with E-state index in [1.54, 1.807) is 24.3 Å². The highest BCUT2D eigenvalue weighted by Crippen LogP contribution is 2.35. The van der Waals surface area contributed by atoms with Gasteiger partial charge in [-0.1, -0.05) is 24.3 Å². The third-order valence-electron chi connectivity index (χ3n) is 4.24. The number of nitrogens with one attached hydrogen (secondary N) is 1. The highest BCUT2D eigenvalue weighted by atomic mass is 16.4. The van der Waals surface area contributed by atoms with Gasteiger partial charge in [0.1, 0.15) is 5.76 Å². The molecular weight excluding hydrogens is 322 g/mol. The summed E-state index contributed by atoms with van der Waals surface area (Å²) in [6, 6.07) is 11.9. The van der Waals surface area contributed by atoms with Crippen LogP contribution >= 0.6 is 0 Å². The molecule has 122 valence electrons. The highest BCUT2D eigenvalue weighted by Gasteiger charge is 2.31. The lowest BCUT2D eigenvalue weighted by atomic mass is 10.0. The minimum atomic E-state index is -1.13. The van der Waals surface area contributed by atoms with Crippen LogP contribution in [0.2, 0.25) is 0 Å². The lowest BCUT2D eigenvalue weighted by Gasteiger charge is -2.06. The topological polar surface area (TPSA) is 107 Å². The Labute approximate surface area is 140 Å². The monoisotopic (exact) mass is 333 g/mol. The summed E-state index contributed by atoms with van der Waals surface area (Å²) in [6.45, 7) is 0. The Balaban J connectivity index is 1.97. The number of aromatic nitrogens is 1. The average Bonchev–Trinajstić information content (AvgIpc) is 2.85. The predicted molar refractivity (Wildman–Crippen MR) is 91.7 cm³/mol. The number of aliphatic hydroxyl groups is 1. The number of aliphatic hydroxyl groups excluding tert-OH is 1. The van der Waals surface area contributed by atoms with E-state index < -0.39 is 11.8 Å². The van der Waals surface area contributed by atoms with Crippen molar-refractivity contribution in [1.82, 2.24) is 4.98 Å². The number of ketones is 1. The van der Waals surface area contributed by atoms with Crippen molar-refractivity contribution in [1.29, 1.82) is 0 Å². The maximum atomic E-state index is 12.6. The summed E-state index contributed by atoms with van der Waals surface area (Å²) in [5.41, 5.74) is 0.841. The van der Waals surface area contributed by atoms with Crippen LogP contribution in [0.3, 0.4) is 0 Å². The first kappa shape index (κ1) is 14.9. The number of aromatic carboxylic acids is 1. The normalized spacial score (nSPS) is 13.4. The van der Waals surface area contributed by atoms with Gasteiger partial charge in [0.05, 0.1) is 22.3 Å². The fourth-order valence-corrected chi connectivity index (χ4v) is 3.03. The number of H-pyrrole nitrogens is 1. The Hall–Kier alpha value is -3.67. The Bertz CT molecular complexity index is 1170. The van der Waals surface area contributed by atoms with Crippen molar-refractivity contribution in [2.24, 2.45) is 0 Å². The number of pyridine rings is 1. The van der Waals surface area contributed by atoms with Crippen LogP contribution in [0.4, 0.5) is 0 Å². The number of Topliss-reactive ketones (excluding diaryl/α,β-unsaturated/α-hetero) is 1. The molecular formula is C19H11NO5. The van der Waals surface area contributed by atoms with Crippen LogP contribution in [0, 0.1) is 0 Å². The van der Waals surface area contributed by atoms with Gasteiger partial charge in [-0.3, -0.25) is 9.59 Å². The molecule has 1 aliphatic carbocycles. The number of aromatic amines is 1. The van der Waals surface area contributed by atoms with E-state index in [1.165, 1.54) is 24.3 Å². The second-order valence-electron chi connectivity index (χ2n) is 5.71. The van der Waals surface area contributed by atoms with E-state index in [4.69, 9.17) is 5.11 Å². The van der Waals surface area contributed by atoms with Gasteiger partial charge in [0.2, 0.25) is 0 Å². The van der Waals surface area contributed by atoms with Gasteiger partial charge in [-0.05, 0) is 18.2 Å². The summed E-state index contributed by atoms with van der Waals surface area (Å²) < 4.78 is 0. The zero-order chi connectivity index (χ0) is 17.7. The van der Waals surface area contributed by atoms with Gasteiger partial charge in [-0.15, -0.1) is 0 Å². The number of rotatable bonds is 2. The lowest BCUT2D eigenvalue weighted by Crippen LogP contribution is -2.09. The molecule has 0 aliphatic heterocycles. The van der Waals surface area contributed by atoms with Gasteiger partial charge in [0.15, 0.2) is 11.2 Å². The van der Waals surface area contributed by atoms with Crippen molar-refractivity contribution in [3.63, 3.8) is 0 Å². The third kappa shape index (κ3) is 2.15. The van der Waals surface area contributed by atoms with E-state index in [-0.39, 0.29) is 33.5 Å². The SMILES string of the molecule is O=C(O)c1ccc2c(=O)cc(C3=C(O)c4ccccc4C3=O)[nH]c2c1. The van der Waals surface area contributed by atoms with Crippen molar-refractivity contribution in [2.75, 3.05) is 0 Å². The van der Waals surface area contributed by atoms with E-state index in [0.717, 1.165) is 0 Å². The predicted octanol–water partition coefficient (Wildman–Crippen LogP) is 2.85. The van der Waals surface area contributed by atoms with Crippen molar-refractivity contribution in [3.05, 3.63) is 81.1 Å². The van der Waals surface area contributed by atoms with Crippen LogP contribution in [-0.4, -0.2) is 26.9 Å². The standard InChI is InChI=1S/C19H11NO5/c21-15-8-14(20-13-7-9(19(24)25)5-6-12(13)15)16-17(22)10-3-1-2-4-11(10)18(16)23/h1-8,22H,(H,20,21)(H,24,25). The summed E-state index contributed by atoms with van der Waals surface area (Å²) in [5.74, 6) is -1.72. The summed E-state index contributed by atoms with van der Waals surface area (Å²) in [6.07, 6.45) is 0. The smallest absolute Gasteiger partial charge is 0.335 e. The van der Waals surface area contributed by atoms with Crippen molar-refractivity contribution < 1.29 is 19.8 Å². The second kappa shape index (κ2) is 5.17. The summed E-state index contributed by atoms with van der Waals surface area (Å²) >= 11 is 0. The largest absolute Gasteiger partial charge is 0.506 e. The van der Waals surface area contributed by atoms with Gasteiger partial charge >= 0.3 is 5.97 Å². The van der Waals surface area contributed by atoms with Gasteiger partial charge < -0.3 is 15.2 Å². The maximum absolute atomic E-state index is 12.6. The minimum Gasteiger partial charge on any atom is -0.506 e. The number of carbonyl (C=O) groups excluding carboxylic acids is 1. The number of allylic oxidation sites excluding steroid dienone is 1.